The van der Waals surface area contributed by atoms with Crippen LogP contribution >= 0.6 is 0 Å². The highest BCUT2D eigenvalue weighted by molar-refractivity contribution is 7.89. The SMILES string of the molecule is COc1ccc2c(c1)CCN(S(=O)(=O)CCCc1ccccc1)C2C. The number of hydrogen-bond donors (Lipinski definition) is 0. The maximum Gasteiger partial charge on any atom is 0.214 e. The quantitative estimate of drug-likeness (QED) is 0.792. The topological polar surface area (TPSA) is 46.6 Å². The lowest BCUT2D eigenvalue weighted by molar-refractivity contribution is 0.325. The van der Waals surface area contributed by atoms with Crippen LogP contribution in [-0.4, -0.2) is 32.1 Å². The smallest absolute Gasteiger partial charge is 0.214 e. The zero-order valence-corrected chi connectivity index (χ0v) is 15.6. The van der Waals surface area contributed by atoms with Gasteiger partial charge in [0.2, 0.25) is 10.0 Å². The lowest BCUT2D eigenvalue weighted by atomic mass is 9.95. The predicted octanol–water partition coefficient (Wildman–Crippen LogP) is 3.58. The van der Waals surface area contributed by atoms with Crippen molar-refractivity contribution < 1.29 is 13.2 Å². The van der Waals surface area contributed by atoms with Gasteiger partial charge in [-0.1, -0.05) is 36.4 Å². The van der Waals surface area contributed by atoms with E-state index in [0.717, 1.165) is 24.2 Å². The zero-order chi connectivity index (χ0) is 17.9. The van der Waals surface area contributed by atoms with E-state index in [1.165, 1.54) is 11.1 Å². The van der Waals surface area contributed by atoms with Crippen molar-refractivity contribution in [1.82, 2.24) is 4.31 Å². The average molecular weight is 359 g/mol. The molecule has 0 N–H and O–H groups in total. The van der Waals surface area contributed by atoms with Gasteiger partial charge >= 0.3 is 0 Å². The maximum atomic E-state index is 12.8. The molecule has 134 valence electrons. The molecule has 0 amide bonds. The minimum atomic E-state index is -3.26. The first kappa shape index (κ1) is 18.0. The van der Waals surface area contributed by atoms with Crippen molar-refractivity contribution in [3.05, 3.63) is 65.2 Å². The summed E-state index contributed by atoms with van der Waals surface area (Å²) in [6.45, 7) is 2.51. The minimum Gasteiger partial charge on any atom is -0.497 e. The van der Waals surface area contributed by atoms with E-state index in [1.54, 1.807) is 11.4 Å². The highest BCUT2D eigenvalue weighted by Crippen LogP contribution is 2.33. The lowest BCUT2D eigenvalue weighted by Gasteiger charge is -2.34. The number of methoxy groups -OCH3 is 1. The van der Waals surface area contributed by atoms with E-state index in [2.05, 4.69) is 0 Å². The van der Waals surface area contributed by atoms with Crippen LogP contribution in [0, 0.1) is 0 Å². The van der Waals surface area contributed by atoms with Gasteiger partial charge in [-0.2, -0.15) is 4.31 Å². The normalized spacial score (nSPS) is 17.9. The third kappa shape index (κ3) is 4.05. The molecule has 25 heavy (non-hydrogen) atoms. The molecule has 1 unspecified atom stereocenters. The van der Waals surface area contributed by atoms with Gasteiger partial charge in [-0.3, -0.25) is 0 Å². The van der Waals surface area contributed by atoms with Crippen LogP contribution in [0.25, 0.3) is 0 Å². The Morgan fingerprint density at radius 2 is 1.92 bits per heavy atom. The molecule has 3 rings (SSSR count). The van der Waals surface area contributed by atoms with Gasteiger partial charge in [-0.25, -0.2) is 8.42 Å². The van der Waals surface area contributed by atoms with Crippen LogP contribution in [0.3, 0.4) is 0 Å². The van der Waals surface area contributed by atoms with Gasteiger partial charge in [0, 0.05) is 12.6 Å². The second-order valence-corrected chi connectivity index (χ2v) is 8.55. The number of fused-ring (bicyclic) bond motifs is 1. The van der Waals surface area contributed by atoms with E-state index in [9.17, 15) is 8.42 Å². The second-order valence-electron chi connectivity index (χ2n) is 6.51. The summed E-state index contributed by atoms with van der Waals surface area (Å²) < 4.78 is 32.6. The Kier molecular flexibility index (Phi) is 5.45. The molecule has 0 bridgehead atoms. The first-order chi connectivity index (χ1) is 12.0. The molecule has 0 saturated heterocycles. The zero-order valence-electron chi connectivity index (χ0n) is 14.8. The summed E-state index contributed by atoms with van der Waals surface area (Å²) >= 11 is 0. The van der Waals surface area contributed by atoms with Gasteiger partial charge in [0.25, 0.3) is 0 Å². The van der Waals surface area contributed by atoms with Crippen LogP contribution in [0.1, 0.15) is 36.1 Å². The molecule has 0 radical (unpaired) electrons. The van der Waals surface area contributed by atoms with Gasteiger partial charge in [-0.15, -0.1) is 0 Å². The standard InChI is InChI=1S/C20H25NO3S/c1-16-20-11-10-19(24-2)15-18(20)12-13-21(16)25(22,23)14-6-9-17-7-4-3-5-8-17/h3-5,7-8,10-11,15-16H,6,9,12-14H2,1-2H3. The molecule has 0 spiro atoms. The van der Waals surface area contributed by atoms with Crippen molar-refractivity contribution in [1.29, 1.82) is 0 Å². The fraction of sp³-hybridized carbons (Fsp3) is 0.400. The van der Waals surface area contributed by atoms with Crippen molar-refractivity contribution >= 4 is 10.0 Å². The second kappa shape index (κ2) is 7.58. The Hall–Kier alpha value is -1.85. The summed E-state index contributed by atoms with van der Waals surface area (Å²) in [4.78, 5) is 0. The van der Waals surface area contributed by atoms with Gasteiger partial charge in [-0.05, 0) is 55.0 Å². The van der Waals surface area contributed by atoms with E-state index >= 15 is 0 Å². The molecule has 5 heteroatoms. The molecule has 0 aliphatic carbocycles. The lowest BCUT2D eigenvalue weighted by Crippen LogP contribution is -2.40. The molecule has 2 aromatic carbocycles. The fourth-order valence-corrected chi connectivity index (χ4v) is 5.22. The Bertz CT molecular complexity index is 818. The van der Waals surface area contributed by atoms with Crippen molar-refractivity contribution in [2.75, 3.05) is 19.4 Å². The highest BCUT2D eigenvalue weighted by Gasteiger charge is 2.32. The Morgan fingerprint density at radius 1 is 1.16 bits per heavy atom. The van der Waals surface area contributed by atoms with E-state index in [1.807, 2.05) is 55.5 Å². The number of nitrogens with zero attached hydrogens (tertiary/aromatic N) is 1. The Labute approximate surface area is 150 Å². The minimum absolute atomic E-state index is 0.128. The summed E-state index contributed by atoms with van der Waals surface area (Å²) in [5.41, 5.74) is 3.45. The third-order valence-electron chi connectivity index (χ3n) is 4.90. The molecule has 1 atom stereocenters. The molecule has 0 fully saturated rings. The van der Waals surface area contributed by atoms with Crippen molar-refractivity contribution in [2.45, 2.75) is 32.2 Å². The highest BCUT2D eigenvalue weighted by atomic mass is 32.2. The van der Waals surface area contributed by atoms with E-state index in [-0.39, 0.29) is 11.8 Å². The summed E-state index contributed by atoms with van der Waals surface area (Å²) in [5, 5.41) is 0. The number of hydrogen-bond acceptors (Lipinski definition) is 3. The monoisotopic (exact) mass is 359 g/mol. The molecular formula is C20H25NO3S. The molecular weight excluding hydrogens is 334 g/mol. The van der Waals surface area contributed by atoms with Crippen molar-refractivity contribution in [3.8, 4) is 5.75 Å². The van der Waals surface area contributed by atoms with E-state index in [4.69, 9.17) is 4.74 Å². The van der Waals surface area contributed by atoms with Crippen LogP contribution in [-0.2, 0) is 22.9 Å². The number of sulfonamides is 1. The number of ether oxygens (including phenoxy) is 1. The summed E-state index contributed by atoms with van der Waals surface area (Å²) in [6, 6.07) is 15.8. The molecule has 0 aromatic heterocycles. The largest absolute Gasteiger partial charge is 0.497 e. The maximum absolute atomic E-state index is 12.8. The van der Waals surface area contributed by atoms with Crippen LogP contribution in [0.5, 0.6) is 5.75 Å². The third-order valence-corrected chi connectivity index (χ3v) is 6.92. The van der Waals surface area contributed by atoms with Crippen LogP contribution in [0.4, 0.5) is 0 Å². The summed E-state index contributed by atoms with van der Waals surface area (Å²) in [5.74, 6) is 1.02. The molecule has 1 heterocycles. The predicted molar refractivity (Wildman–Crippen MR) is 100 cm³/mol. The number of rotatable bonds is 6. The first-order valence-corrected chi connectivity index (χ1v) is 10.3. The van der Waals surface area contributed by atoms with Gasteiger partial charge in [0.05, 0.1) is 12.9 Å². The Balaban J connectivity index is 1.68. The summed E-state index contributed by atoms with van der Waals surface area (Å²) in [7, 11) is -1.61. The van der Waals surface area contributed by atoms with Crippen molar-refractivity contribution in [3.63, 3.8) is 0 Å². The Morgan fingerprint density at radius 3 is 2.64 bits per heavy atom. The van der Waals surface area contributed by atoms with Crippen LogP contribution in [0.15, 0.2) is 48.5 Å². The van der Waals surface area contributed by atoms with Gasteiger partial charge in [0.1, 0.15) is 5.75 Å². The fourth-order valence-electron chi connectivity index (χ4n) is 3.51. The first-order valence-electron chi connectivity index (χ1n) is 8.71. The van der Waals surface area contributed by atoms with Crippen LogP contribution < -0.4 is 4.74 Å². The van der Waals surface area contributed by atoms with Gasteiger partial charge < -0.3 is 4.74 Å². The van der Waals surface area contributed by atoms with E-state index in [0.29, 0.717) is 13.0 Å². The molecule has 0 saturated carbocycles. The number of benzene rings is 2. The molecule has 4 nitrogen and oxygen atoms in total. The van der Waals surface area contributed by atoms with Crippen LogP contribution in [0.2, 0.25) is 0 Å². The average Bonchev–Trinajstić information content (AvgIpc) is 2.62. The summed E-state index contributed by atoms with van der Waals surface area (Å²) in [6.07, 6.45) is 2.16. The van der Waals surface area contributed by atoms with E-state index < -0.39 is 10.0 Å². The van der Waals surface area contributed by atoms with Crippen molar-refractivity contribution in [2.24, 2.45) is 0 Å². The molecule has 1 aliphatic rings. The molecule has 2 aromatic rings. The van der Waals surface area contributed by atoms with Gasteiger partial charge in [0.15, 0.2) is 0 Å². The molecule has 1 aliphatic heterocycles. The number of aryl methyl sites for hydroxylation is 1.